The Hall–Kier alpha value is -2.04. The number of thiazole rings is 1. The Morgan fingerprint density at radius 3 is 2.76 bits per heavy atom. The van der Waals surface area contributed by atoms with Gasteiger partial charge in [-0.05, 0) is 19.1 Å². The molecule has 7 heteroatoms. The number of hydrogen-bond acceptors (Lipinski definition) is 6. The molecule has 108 valence electrons. The molecule has 2 aromatic rings. The highest BCUT2D eigenvalue weighted by Gasteiger charge is 2.17. The summed E-state index contributed by atoms with van der Waals surface area (Å²) in [6, 6.07) is 11.2. The molecule has 2 rings (SSSR count). The van der Waals surface area contributed by atoms with Gasteiger partial charge in [0.1, 0.15) is 6.54 Å². The second kappa shape index (κ2) is 7.11. The van der Waals surface area contributed by atoms with Crippen LogP contribution in [-0.4, -0.2) is 23.2 Å². The zero-order valence-corrected chi connectivity index (χ0v) is 13.1. The zero-order chi connectivity index (χ0) is 15.2. The minimum absolute atomic E-state index is 0.0349. The highest BCUT2D eigenvalue weighted by atomic mass is 32.2. The minimum atomic E-state index is -0.112. The number of benzene rings is 1. The average molecular weight is 318 g/mol. The number of anilines is 2. The van der Waals surface area contributed by atoms with E-state index >= 15 is 0 Å². The van der Waals surface area contributed by atoms with Crippen LogP contribution in [0.15, 0.2) is 34.5 Å². The summed E-state index contributed by atoms with van der Waals surface area (Å²) in [6.45, 7) is 1.90. The van der Waals surface area contributed by atoms with Crippen molar-refractivity contribution in [2.24, 2.45) is 0 Å². The molecule has 0 bridgehead atoms. The second-order valence-corrected chi connectivity index (χ2v) is 6.46. The Bertz CT molecular complexity index is 663. The van der Waals surface area contributed by atoms with Gasteiger partial charge in [-0.15, -0.1) is 11.8 Å². The van der Waals surface area contributed by atoms with Crippen LogP contribution in [0.1, 0.15) is 5.69 Å². The number of carbonyl (C=O) groups is 1. The molecule has 21 heavy (non-hydrogen) atoms. The molecule has 0 aliphatic rings. The number of nitrogens with zero attached hydrogens (tertiary/aromatic N) is 3. The average Bonchev–Trinajstić information content (AvgIpc) is 2.81. The Balaban J connectivity index is 2.06. The number of aromatic nitrogens is 1. The third-order valence-corrected chi connectivity index (χ3v) is 5.03. The number of carbonyl (C=O) groups excluding carboxylic acids is 1. The molecular formula is C14H14N4OS2. The molecule has 1 heterocycles. The lowest BCUT2D eigenvalue weighted by Crippen LogP contribution is -2.32. The quantitative estimate of drug-likeness (QED) is 0.677. The van der Waals surface area contributed by atoms with Crippen molar-refractivity contribution in [3.05, 3.63) is 36.0 Å². The first-order valence-electron chi connectivity index (χ1n) is 6.20. The van der Waals surface area contributed by atoms with Crippen LogP contribution >= 0.6 is 23.1 Å². The van der Waals surface area contributed by atoms with Crippen LogP contribution in [0.25, 0.3) is 0 Å². The van der Waals surface area contributed by atoms with Gasteiger partial charge in [0.05, 0.1) is 21.7 Å². The van der Waals surface area contributed by atoms with E-state index in [4.69, 9.17) is 11.0 Å². The van der Waals surface area contributed by atoms with Crippen LogP contribution in [0.3, 0.4) is 0 Å². The van der Waals surface area contributed by atoms with Gasteiger partial charge in [0.15, 0.2) is 5.13 Å². The molecule has 1 amide bonds. The molecule has 0 atom stereocenters. The van der Waals surface area contributed by atoms with Crippen LogP contribution in [0.2, 0.25) is 0 Å². The Labute approximate surface area is 131 Å². The zero-order valence-electron chi connectivity index (χ0n) is 11.4. The third-order valence-electron chi connectivity index (χ3n) is 2.70. The number of aryl methyl sites for hydroxylation is 1. The molecule has 0 aliphatic carbocycles. The molecule has 0 fully saturated rings. The minimum Gasteiger partial charge on any atom is -0.375 e. The summed E-state index contributed by atoms with van der Waals surface area (Å²) in [6.07, 6.45) is 0. The summed E-state index contributed by atoms with van der Waals surface area (Å²) >= 11 is 2.77. The second-order valence-electron chi connectivity index (χ2n) is 4.19. The van der Waals surface area contributed by atoms with Crippen molar-refractivity contribution in [1.29, 1.82) is 5.26 Å². The number of rotatable bonds is 5. The van der Waals surface area contributed by atoms with E-state index in [1.165, 1.54) is 28.0 Å². The number of nitriles is 1. The lowest BCUT2D eigenvalue weighted by molar-refractivity contribution is -0.116. The van der Waals surface area contributed by atoms with Crippen LogP contribution in [0.5, 0.6) is 0 Å². The van der Waals surface area contributed by atoms with E-state index in [-0.39, 0.29) is 18.2 Å². The topological polar surface area (TPSA) is 83.0 Å². The standard InChI is InChI=1S/C14H14N4OS2/c1-10-13(21-14(16)17-10)20-9-12(19)18(8-7-15)11-5-3-2-4-6-11/h2-6H,8-9H2,1H3,(H2,16,17). The molecule has 0 spiro atoms. The van der Waals surface area contributed by atoms with Crippen molar-refractivity contribution < 1.29 is 4.79 Å². The number of thioether (sulfide) groups is 1. The number of hydrogen-bond donors (Lipinski definition) is 1. The summed E-state index contributed by atoms with van der Waals surface area (Å²) in [7, 11) is 0. The maximum atomic E-state index is 12.3. The maximum absolute atomic E-state index is 12.3. The fraction of sp³-hybridized carbons (Fsp3) is 0.214. The number of para-hydroxylation sites is 1. The first-order chi connectivity index (χ1) is 10.1. The number of nitrogens with two attached hydrogens (primary N) is 1. The summed E-state index contributed by atoms with van der Waals surface area (Å²) in [5, 5.41) is 9.40. The van der Waals surface area contributed by atoms with Gasteiger partial charge < -0.3 is 5.73 Å². The Morgan fingerprint density at radius 1 is 1.48 bits per heavy atom. The smallest absolute Gasteiger partial charge is 0.238 e. The lowest BCUT2D eigenvalue weighted by atomic mass is 10.3. The number of amides is 1. The molecule has 1 aromatic carbocycles. The summed E-state index contributed by atoms with van der Waals surface area (Å²) in [5.74, 6) is 0.137. The summed E-state index contributed by atoms with van der Waals surface area (Å²) in [4.78, 5) is 17.9. The maximum Gasteiger partial charge on any atom is 0.238 e. The van der Waals surface area contributed by atoms with E-state index in [1.54, 1.807) is 0 Å². The highest BCUT2D eigenvalue weighted by molar-refractivity contribution is 8.01. The number of nitrogen functional groups attached to an aromatic ring is 1. The molecular weight excluding hydrogens is 304 g/mol. The fourth-order valence-corrected chi connectivity index (χ4v) is 3.64. The molecule has 1 aromatic heterocycles. The van der Waals surface area contributed by atoms with Gasteiger partial charge in [-0.2, -0.15) is 5.26 Å². The van der Waals surface area contributed by atoms with Crippen molar-refractivity contribution in [1.82, 2.24) is 4.98 Å². The largest absolute Gasteiger partial charge is 0.375 e. The van der Waals surface area contributed by atoms with E-state index in [0.717, 1.165) is 15.6 Å². The first kappa shape index (κ1) is 15.4. The van der Waals surface area contributed by atoms with Crippen LogP contribution in [0.4, 0.5) is 10.8 Å². The molecule has 0 radical (unpaired) electrons. The third kappa shape index (κ3) is 3.97. The predicted octanol–water partition coefficient (Wildman–Crippen LogP) is 2.68. The van der Waals surface area contributed by atoms with Gasteiger partial charge in [0, 0.05) is 5.69 Å². The van der Waals surface area contributed by atoms with Gasteiger partial charge in [-0.1, -0.05) is 29.5 Å². The van der Waals surface area contributed by atoms with Gasteiger partial charge in [-0.3, -0.25) is 9.69 Å². The van der Waals surface area contributed by atoms with E-state index in [1.807, 2.05) is 43.3 Å². The lowest BCUT2D eigenvalue weighted by Gasteiger charge is -2.19. The predicted molar refractivity (Wildman–Crippen MR) is 86.4 cm³/mol. The van der Waals surface area contributed by atoms with Gasteiger partial charge in [0.2, 0.25) is 5.91 Å². The van der Waals surface area contributed by atoms with Crippen LogP contribution in [0, 0.1) is 18.3 Å². The summed E-state index contributed by atoms with van der Waals surface area (Å²) < 4.78 is 0.936. The monoisotopic (exact) mass is 318 g/mol. The van der Waals surface area contributed by atoms with Crippen molar-refractivity contribution in [3.8, 4) is 6.07 Å². The van der Waals surface area contributed by atoms with Gasteiger partial charge in [-0.25, -0.2) is 4.98 Å². The van der Waals surface area contributed by atoms with Crippen molar-refractivity contribution in [2.75, 3.05) is 22.9 Å². The first-order valence-corrected chi connectivity index (χ1v) is 8.00. The molecule has 2 N–H and O–H groups in total. The van der Waals surface area contributed by atoms with Crippen LogP contribution in [-0.2, 0) is 4.79 Å². The fourth-order valence-electron chi connectivity index (χ4n) is 1.74. The van der Waals surface area contributed by atoms with E-state index < -0.39 is 0 Å². The molecule has 0 saturated heterocycles. The SMILES string of the molecule is Cc1nc(N)sc1SCC(=O)N(CC#N)c1ccccc1. The Kier molecular flexibility index (Phi) is 5.20. The molecule has 0 unspecified atom stereocenters. The van der Waals surface area contributed by atoms with E-state index in [0.29, 0.717) is 5.13 Å². The van der Waals surface area contributed by atoms with Crippen LogP contribution < -0.4 is 10.6 Å². The van der Waals surface area contributed by atoms with Gasteiger partial charge in [0.25, 0.3) is 0 Å². The normalized spacial score (nSPS) is 10.1. The van der Waals surface area contributed by atoms with Crippen molar-refractivity contribution in [2.45, 2.75) is 11.1 Å². The molecule has 5 nitrogen and oxygen atoms in total. The molecule has 0 aliphatic heterocycles. The van der Waals surface area contributed by atoms with E-state index in [2.05, 4.69) is 4.98 Å². The van der Waals surface area contributed by atoms with Crippen molar-refractivity contribution >= 4 is 39.8 Å². The van der Waals surface area contributed by atoms with E-state index in [9.17, 15) is 4.79 Å². The van der Waals surface area contributed by atoms with Crippen molar-refractivity contribution in [3.63, 3.8) is 0 Å². The van der Waals surface area contributed by atoms with Gasteiger partial charge >= 0.3 is 0 Å². The summed E-state index contributed by atoms with van der Waals surface area (Å²) in [5.41, 5.74) is 7.20. The molecule has 0 saturated carbocycles. The Morgan fingerprint density at radius 2 is 2.19 bits per heavy atom. The highest BCUT2D eigenvalue weighted by Crippen LogP contribution is 2.30.